The smallest absolute Gasteiger partial charge is 0.240 e. The fraction of sp³-hybridized carbons (Fsp3) is 0.417. The second-order valence-corrected chi connectivity index (χ2v) is 8.73. The molecule has 0 bridgehead atoms. The monoisotopic (exact) mass is 441 g/mol. The molecule has 2 aliphatic rings. The lowest BCUT2D eigenvalue weighted by Gasteiger charge is -2.34. The van der Waals surface area contributed by atoms with Crippen molar-refractivity contribution in [3.8, 4) is 5.75 Å². The summed E-state index contributed by atoms with van der Waals surface area (Å²) in [7, 11) is 1.61. The van der Waals surface area contributed by atoms with Crippen molar-refractivity contribution in [1.82, 2.24) is 9.80 Å². The third-order valence-electron chi connectivity index (χ3n) is 6.42. The fourth-order valence-corrected chi connectivity index (χ4v) is 4.71. The lowest BCUT2D eigenvalue weighted by Crippen LogP contribution is -2.46. The zero-order valence-electron chi connectivity index (χ0n) is 17.7. The third-order valence-corrected chi connectivity index (χ3v) is 6.76. The van der Waals surface area contributed by atoms with E-state index in [2.05, 4.69) is 4.90 Å². The van der Waals surface area contributed by atoms with Crippen LogP contribution >= 0.6 is 11.6 Å². The number of carbonyl (C=O) groups is 2. The number of Topliss-reactive ketones (excluding diaryl/α,β-unsaturated/α-hetero) is 1. The minimum atomic E-state index is -0.0957. The quantitative estimate of drug-likeness (QED) is 0.547. The van der Waals surface area contributed by atoms with E-state index < -0.39 is 0 Å². The van der Waals surface area contributed by atoms with E-state index in [0.717, 1.165) is 55.8 Å². The van der Waals surface area contributed by atoms with Crippen LogP contribution in [0.5, 0.6) is 5.75 Å². The Morgan fingerprint density at radius 3 is 2.45 bits per heavy atom. The number of hydrogen-bond donors (Lipinski definition) is 1. The highest BCUT2D eigenvalue weighted by molar-refractivity contribution is 6.33. The number of ether oxygens (including phenoxy) is 1. The standard InChI is InChI=1S/C24H28ClN3O3/c1-31-19-5-3-17(4-6-19)23(29)18-8-11-27(12-9-18)22-10-13-28(24(22)30)15-16-2-7-20(25)21(26)14-16/h2-7,14,18,22H,8-13,15,26H2,1H3. The Balaban J connectivity index is 1.31. The lowest BCUT2D eigenvalue weighted by molar-refractivity contribution is -0.133. The van der Waals surface area contributed by atoms with Crippen LogP contribution in [-0.4, -0.2) is 54.3 Å². The van der Waals surface area contributed by atoms with Gasteiger partial charge in [-0.2, -0.15) is 0 Å². The van der Waals surface area contributed by atoms with Crippen LogP contribution in [-0.2, 0) is 11.3 Å². The number of nitrogens with two attached hydrogens (primary N) is 1. The Labute approximate surface area is 187 Å². The molecule has 2 fully saturated rings. The third kappa shape index (κ3) is 4.70. The molecule has 6 nitrogen and oxygen atoms in total. The maximum Gasteiger partial charge on any atom is 0.240 e. The molecular formula is C24H28ClN3O3. The summed E-state index contributed by atoms with van der Waals surface area (Å²) in [6, 6.07) is 12.7. The van der Waals surface area contributed by atoms with Crippen molar-refractivity contribution in [3.05, 3.63) is 58.6 Å². The number of benzene rings is 2. The Hall–Kier alpha value is -2.57. The average molecular weight is 442 g/mol. The number of methoxy groups -OCH3 is 1. The van der Waals surface area contributed by atoms with Crippen LogP contribution in [0, 0.1) is 5.92 Å². The summed E-state index contributed by atoms with van der Waals surface area (Å²) in [5.41, 5.74) is 8.14. The minimum absolute atomic E-state index is 0.00861. The number of rotatable bonds is 6. The molecule has 7 heteroatoms. The normalized spacial score (nSPS) is 20.3. The number of nitrogens with zero attached hydrogens (tertiary/aromatic N) is 2. The highest BCUT2D eigenvalue weighted by Gasteiger charge is 2.38. The summed E-state index contributed by atoms with van der Waals surface area (Å²) in [6.45, 7) is 2.81. The predicted molar refractivity (Wildman–Crippen MR) is 121 cm³/mol. The van der Waals surface area contributed by atoms with Crippen molar-refractivity contribution >= 4 is 29.0 Å². The van der Waals surface area contributed by atoms with E-state index in [9.17, 15) is 9.59 Å². The summed E-state index contributed by atoms with van der Waals surface area (Å²) in [6.07, 6.45) is 2.38. The van der Waals surface area contributed by atoms with Crippen LogP contribution in [0.2, 0.25) is 5.02 Å². The summed E-state index contributed by atoms with van der Waals surface area (Å²) >= 11 is 6.00. The molecule has 2 aliphatic heterocycles. The van der Waals surface area contributed by atoms with Gasteiger partial charge in [-0.1, -0.05) is 17.7 Å². The molecule has 4 rings (SSSR count). The number of ketones is 1. The first kappa shape index (κ1) is 21.7. The van der Waals surface area contributed by atoms with Crippen LogP contribution in [0.3, 0.4) is 0 Å². The Kier molecular flexibility index (Phi) is 6.49. The van der Waals surface area contributed by atoms with Crippen LogP contribution in [0.25, 0.3) is 0 Å². The molecule has 2 saturated heterocycles. The van der Waals surface area contributed by atoms with Gasteiger partial charge in [0.15, 0.2) is 5.78 Å². The van der Waals surface area contributed by atoms with E-state index in [-0.39, 0.29) is 23.7 Å². The average Bonchev–Trinajstić information content (AvgIpc) is 3.16. The molecular weight excluding hydrogens is 414 g/mol. The SMILES string of the molecule is COc1ccc(C(=O)C2CCN(C3CCN(Cc4ccc(Cl)c(N)c4)C3=O)CC2)cc1. The van der Waals surface area contributed by atoms with Gasteiger partial charge in [-0.3, -0.25) is 14.5 Å². The zero-order chi connectivity index (χ0) is 22.0. The van der Waals surface area contributed by atoms with Gasteiger partial charge in [-0.25, -0.2) is 0 Å². The van der Waals surface area contributed by atoms with Crippen LogP contribution < -0.4 is 10.5 Å². The highest BCUT2D eigenvalue weighted by Crippen LogP contribution is 2.28. The largest absolute Gasteiger partial charge is 0.497 e. The molecule has 0 aromatic heterocycles. The lowest BCUT2D eigenvalue weighted by atomic mass is 9.88. The van der Waals surface area contributed by atoms with Gasteiger partial charge in [-0.05, 0) is 74.3 Å². The topological polar surface area (TPSA) is 75.9 Å². The predicted octanol–water partition coefficient (Wildman–Crippen LogP) is 3.63. The van der Waals surface area contributed by atoms with Crippen molar-refractivity contribution < 1.29 is 14.3 Å². The van der Waals surface area contributed by atoms with Crippen molar-refractivity contribution in [1.29, 1.82) is 0 Å². The van der Waals surface area contributed by atoms with E-state index in [1.807, 2.05) is 41.3 Å². The van der Waals surface area contributed by atoms with Gasteiger partial charge in [-0.15, -0.1) is 0 Å². The first-order chi connectivity index (χ1) is 15.0. The van der Waals surface area contributed by atoms with Crippen LogP contribution in [0.15, 0.2) is 42.5 Å². The van der Waals surface area contributed by atoms with Crippen LogP contribution in [0.1, 0.15) is 35.2 Å². The summed E-state index contributed by atoms with van der Waals surface area (Å²) in [5, 5.41) is 0.529. The summed E-state index contributed by atoms with van der Waals surface area (Å²) in [4.78, 5) is 30.0. The molecule has 0 saturated carbocycles. The Morgan fingerprint density at radius 2 is 1.81 bits per heavy atom. The van der Waals surface area contributed by atoms with Gasteiger partial charge in [0, 0.05) is 24.6 Å². The molecule has 164 valence electrons. The maximum atomic E-state index is 13.0. The molecule has 0 spiro atoms. The fourth-order valence-electron chi connectivity index (χ4n) is 4.59. The first-order valence-electron chi connectivity index (χ1n) is 10.7. The van der Waals surface area contributed by atoms with Gasteiger partial charge >= 0.3 is 0 Å². The van der Waals surface area contributed by atoms with E-state index in [1.165, 1.54) is 0 Å². The number of carbonyl (C=O) groups excluding carboxylic acids is 2. The molecule has 2 aromatic rings. The van der Waals surface area contributed by atoms with Gasteiger partial charge in [0.05, 0.1) is 23.9 Å². The van der Waals surface area contributed by atoms with E-state index >= 15 is 0 Å². The molecule has 1 unspecified atom stereocenters. The Bertz CT molecular complexity index is 955. The number of anilines is 1. The molecule has 2 aromatic carbocycles. The number of hydrogen-bond acceptors (Lipinski definition) is 5. The van der Waals surface area contributed by atoms with E-state index in [1.54, 1.807) is 13.2 Å². The number of piperidine rings is 1. The second-order valence-electron chi connectivity index (χ2n) is 8.32. The number of nitrogen functional groups attached to an aromatic ring is 1. The molecule has 2 N–H and O–H groups in total. The van der Waals surface area contributed by atoms with E-state index in [4.69, 9.17) is 22.1 Å². The second kappa shape index (κ2) is 9.28. The molecule has 31 heavy (non-hydrogen) atoms. The van der Waals surface area contributed by atoms with Crippen molar-refractivity contribution in [2.75, 3.05) is 32.5 Å². The van der Waals surface area contributed by atoms with Crippen molar-refractivity contribution in [3.63, 3.8) is 0 Å². The van der Waals surface area contributed by atoms with Gasteiger partial charge in [0.1, 0.15) is 5.75 Å². The molecule has 0 aliphatic carbocycles. The van der Waals surface area contributed by atoms with Gasteiger partial charge in [0.2, 0.25) is 5.91 Å². The van der Waals surface area contributed by atoms with Crippen molar-refractivity contribution in [2.24, 2.45) is 5.92 Å². The van der Waals surface area contributed by atoms with Gasteiger partial charge < -0.3 is 15.4 Å². The number of amides is 1. The number of halogens is 1. The molecule has 1 amide bonds. The van der Waals surface area contributed by atoms with Crippen molar-refractivity contribution in [2.45, 2.75) is 31.8 Å². The zero-order valence-corrected chi connectivity index (χ0v) is 18.5. The maximum absolute atomic E-state index is 13.0. The minimum Gasteiger partial charge on any atom is -0.497 e. The van der Waals surface area contributed by atoms with Gasteiger partial charge in [0.25, 0.3) is 0 Å². The number of likely N-dealkylation sites (tertiary alicyclic amines) is 2. The molecule has 1 atom stereocenters. The van der Waals surface area contributed by atoms with Crippen LogP contribution in [0.4, 0.5) is 5.69 Å². The summed E-state index contributed by atoms with van der Waals surface area (Å²) < 4.78 is 5.17. The molecule has 2 heterocycles. The molecule has 0 radical (unpaired) electrons. The first-order valence-corrected chi connectivity index (χ1v) is 11.1. The summed E-state index contributed by atoms with van der Waals surface area (Å²) in [5.74, 6) is 1.10. The highest BCUT2D eigenvalue weighted by atomic mass is 35.5. The Morgan fingerprint density at radius 1 is 1.10 bits per heavy atom. The van der Waals surface area contributed by atoms with E-state index in [0.29, 0.717) is 17.3 Å².